The first-order valence-corrected chi connectivity index (χ1v) is 10.0. The maximum atomic E-state index is 13.3. The first-order chi connectivity index (χ1) is 14.7. The minimum absolute atomic E-state index is 0.153. The maximum absolute atomic E-state index is 13.3. The van der Waals surface area contributed by atoms with Crippen LogP contribution in [0.4, 0.5) is 0 Å². The average Bonchev–Trinajstić information content (AvgIpc) is 2.79. The number of rotatable bonds is 9. The monoisotopic (exact) mass is 402 g/mol. The van der Waals surface area contributed by atoms with Gasteiger partial charge in [-0.15, -0.1) is 0 Å². The smallest absolute Gasteiger partial charge is 0.261 e. The van der Waals surface area contributed by atoms with Gasteiger partial charge in [-0.1, -0.05) is 78.9 Å². The van der Waals surface area contributed by atoms with Gasteiger partial charge in [-0.05, 0) is 30.2 Å². The fourth-order valence-corrected chi connectivity index (χ4v) is 3.23. The van der Waals surface area contributed by atoms with Crippen molar-refractivity contribution in [3.63, 3.8) is 0 Å². The molecular weight excluding hydrogens is 376 g/mol. The highest BCUT2D eigenvalue weighted by Gasteiger charge is 2.31. The van der Waals surface area contributed by atoms with E-state index in [-0.39, 0.29) is 18.4 Å². The molecule has 3 rings (SSSR count). The van der Waals surface area contributed by atoms with E-state index in [1.165, 1.54) is 0 Å². The SMILES string of the molecule is CCNC(=O)[C@@H](c1ccccc1)N(Cc1ccccc1)C(=O)COc1ccccc1. The standard InChI is InChI=1S/C25H26N2O3/c1-2-26-25(29)24(21-14-8-4-9-15-21)27(18-20-12-6-3-7-13-20)23(28)19-30-22-16-10-5-11-17-22/h3-17,24H,2,18-19H2,1H3,(H,26,29)/t24-/m1/s1. The van der Waals surface area contributed by atoms with Crippen molar-refractivity contribution in [3.05, 3.63) is 102 Å². The van der Waals surface area contributed by atoms with Crippen LogP contribution in [0.15, 0.2) is 91.0 Å². The van der Waals surface area contributed by atoms with Crippen LogP contribution in [0.2, 0.25) is 0 Å². The van der Waals surface area contributed by atoms with Crippen molar-refractivity contribution >= 4 is 11.8 Å². The quantitative estimate of drug-likeness (QED) is 0.589. The summed E-state index contributed by atoms with van der Waals surface area (Å²) in [5.41, 5.74) is 1.70. The summed E-state index contributed by atoms with van der Waals surface area (Å²) in [7, 11) is 0. The molecule has 0 bridgehead atoms. The third-order valence-corrected chi connectivity index (χ3v) is 4.65. The van der Waals surface area contributed by atoms with E-state index in [1.54, 1.807) is 17.0 Å². The minimum atomic E-state index is -0.752. The Morgan fingerprint density at radius 2 is 1.43 bits per heavy atom. The second-order valence-electron chi connectivity index (χ2n) is 6.82. The Bertz CT molecular complexity index is 930. The number of hydrogen-bond donors (Lipinski definition) is 1. The molecule has 0 aliphatic carbocycles. The van der Waals surface area contributed by atoms with Gasteiger partial charge in [-0.25, -0.2) is 0 Å². The maximum Gasteiger partial charge on any atom is 0.261 e. The largest absolute Gasteiger partial charge is 0.484 e. The molecule has 30 heavy (non-hydrogen) atoms. The molecule has 0 aliphatic rings. The Labute approximate surface area is 177 Å². The topological polar surface area (TPSA) is 58.6 Å². The van der Waals surface area contributed by atoms with E-state index in [0.717, 1.165) is 11.1 Å². The van der Waals surface area contributed by atoms with Gasteiger partial charge in [0.2, 0.25) is 5.91 Å². The first-order valence-electron chi connectivity index (χ1n) is 10.0. The summed E-state index contributed by atoms with van der Waals surface area (Å²) in [6.07, 6.45) is 0. The highest BCUT2D eigenvalue weighted by atomic mass is 16.5. The summed E-state index contributed by atoms with van der Waals surface area (Å²) in [6.45, 7) is 2.49. The van der Waals surface area contributed by atoms with E-state index in [9.17, 15) is 9.59 Å². The molecule has 1 atom stereocenters. The van der Waals surface area contributed by atoms with Crippen molar-refractivity contribution in [2.45, 2.75) is 19.5 Å². The van der Waals surface area contributed by atoms with E-state index >= 15 is 0 Å². The summed E-state index contributed by atoms with van der Waals surface area (Å²) >= 11 is 0. The van der Waals surface area contributed by atoms with Crippen LogP contribution in [0.1, 0.15) is 24.1 Å². The van der Waals surface area contributed by atoms with Crippen molar-refractivity contribution in [1.82, 2.24) is 10.2 Å². The molecular formula is C25H26N2O3. The molecule has 0 aliphatic heterocycles. The van der Waals surface area contributed by atoms with Gasteiger partial charge < -0.3 is 15.0 Å². The van der Waals surface area contributed by atoms with Crippen LogP contribution in [0.5, 0.6) is 5.75 Å². The van der Waals surface area contributed by atoms with Gasteiger partial charge in [0.15, 0.2) is 6.61 Å². The van der Waals surface area contributed by atoms with E-state index < -0.39 is 6.04 Å². The number of likely N-dealkylation sites (N-methyl/N-ethyl adjacent to an activating group) is 1. The highest BCUT2D eigenvalue weighted by molar-refractivity contribution is 5.89. The Hall–Kier alpha value is -3.60. The van der Waals surface area contributed by atoms with Gasteiger partial charge in [0.1, 0.15) is 11.8 Å². The third-order valence-electron chi connectivity index (χ3n) is 4.65. The van der Waals surface area contributed by atoms with Crippen molar-refractivity contribution < 1.29 is 14.3 Å². The fraction of sp³-hybridized carbons (Fsp3) is 0.200. The number of nitrogens with one attached hydrogen (secondary N) is 1. The second-order valence-corrected chi connectivity index (χ2v) is 6.82. The predicted molar refractivity (Wildman–Crippen MR) is 117 cm³/mol. The van der Waals surface area contributed by atoms with Crippen LogP contribution in [0.3, 0.4) is 0 Å². The Morgan fingerprint density at radius 1 is 0.867 bits per heavy atom. The molecule has 0 aromatic heterocycles. The van der Waals surface area contributed by atoms with Crippen molar-refractivity contribution in [2.75, 3.05) is 13.2 Å². The van der Waals surface area contributed by atoms with Crippen LogP contribution in [-0.2, 0) is 16.1 Å². The van der Waals surface area contributed by atoms with Gasteiger partial charge in [-0.3, -0.25) is 9.59 Å². The summed E-state index contributed by atoms with van der Waals surface area (Å²) in [6, 6.07) is 27.4. The van der Waals surface area contributed by atoms with Crippen LogP contribution >= 0.6 is 0 Å². The number of hydrogen-bond acceptors (Lipinski definition) is 3. The molecule has 154 valence electrons. The molecule has 0 unspecified atom stereocenters. The van der Waals surface area contributed by atoms with Crippen molar-refractivity contribution in [3.8, 4) is 5.75 Å². The van der Waals surface area contributed by atoms with Crippen LogP contribution in [-0.4, -0.2) is 29.9 Å². The molecule has 0 saturated heterocycles. The number of carbonyl (C=O) groups is 2. The van der Waals surface area contributed by atoms with Crippen LogP contribution < -0.4 is 10.1 Å². The zero-order chi connectivity index (χ0) is 21.2. The van der Waals surface area contributed by atoms with Crippen LogP contribution in [0, 0.1) is 0 Å². The molecule has 1 N–H and O–H groups in total. The van der Waals surface area contributed by atoms with Gasteiger partial charge in [0, 0.05) is 13.1 Å². The second kappa shape index (κ2) is 10.8. The van der Waals surface area contributed by atoms with Crippen LogP contribution in [0.25, 0.3) is 0 Å². The number of carbonyl (C=O) groups excluding carboxylic acids is 2. The third kappa shape index (κ3) is 5.70. The summed E-state index contributed by atoms with van der Waals surface area (Å²) in [4.78, 5) is 27.9. The number of para-hydroxylation sites is 1. The molecule has 5 heteroatoms. The summed E-state index contributed by atoms with van der Waals surface area (Å²) in [5.74, 6) is 0.135. The molecule has 0 spiro atoms. The minimum Gasteiger partial charge on any atom is -0.484 e. The molecule has 0 radical (unpaired) electrons. The fourth-order valence-electron chi connectivity index (χ4n) is 3.23. The Morgan fingerprint density at radius 3 is 2.03 bits per heavy atom. The van der Waals surface area contributed by atoms with Gasteiger partial charge in [0.05, 0.1) is 0 Å². The van der Waals surface area contributed by atoms with E-state index in [4.69, 9.17) is 4.74 Å². The molecule has 3 aromatic rings. The van der Waals surface area contributed by atoms with Gasteiger partial charge >= 0.3 is 0 Å². The number of ether oxygens (including phenoxy) is 1. The molecule has 3 aromatic carbocycles. The lowest BCUT2D eigenvalue weighted by Crippen LogP contribution is -2.45. The number of benzene rings is 3. The predicted octanol–water partition coefficient (Wildman–Crippen LogP) is 3.97. The molecule has 2 amide bonds. The highest BCUT2D eigenvalue weighted by Crippen LogP contribution is 2.24. The van der Waals surface area contributed by atoms with Crippen molar-refractivity contribution in [1.29, 1.82) is 0 Å². The van der Waals surface area contributed by atoms with E-state index in [2.05, 4.69) is 5.32 Å². The number of nitrogens with zero attached hydrogens (tertiary/aromatic N) is 1. The van der Waals surface area contributed by atoms with E-state index in [1.807, 2.05) is 85.8 Å². The van der Waals surface area contributed by atoms with Crippen molar-refractivity contribution in [2.24, 2.45) is 0 Å². The molecule has 0 saturated carbocycles. The normalized spacial score (nSPS) is 11.4. The molecule has 0 fully saturated rings. The zero-order valence-corrected chi connectivity index (χ0v) is 17.0. The number of amides is 2. The average molecular weight is 402 g/mol. The Balaban J connectivity index is 1.90. The lowest BCUT2D eigenvalue weighted by atomic mass is 10.0. The van der Waals surface area contributed by atoms with Gasteiger partial charge in [0.25, 0.3) is 5.91 Å². The first kappa shape index (κ1) is 21.1. The molecule has 0 heterocycles. The zero-order valence-electron chi connectivity index (χ0n) is 17.0. The Kier molecular flexibility index (Phi) is 7.61. The summed E-state index contributed by atoms with van der Waals surface area (Å²) in [5, 5.41) is 2.87. The molecule has 5 nitrogen and oxygen atoms in total. The lowest BCUT2D eigenvalue weighted by Gasteiger charge is -2.31. The van der Waals surface area contributed by atoms with Gasteiger partial charge in [-0.2, -0.15) is 0 Å². The summed E-state index contributed by atoms with van der Waals surface area (Å²) < 4.78 is 5.69. The van der Waals surface area contributed by atoms with E-state index in [0.29, 0.717) is 18.8 Å². The lowest BCUT2D eigenvalue weighted by molar-refractivity contribution is -0.143.